The molecule has 0 atom stereocenters. The summed E-state index contributed by atoms with van der Waals surface area (Å²) in [6, 6.07) is 10.9. The Kier molecular flexibility index (Phi) is 3.21. The van der Waals surface area contributed by atoms with Gasteiger partial charge in [-0.05, 0) is 37.6 Å². The number of hydrogen-bond donors (Lipinski definition) is 2. The molecule has 2 aromatic carbocycles. The standard InChI is InChI=1S/C19H16N4O2/c1-10-7-8-15(24)11(2)17(10)23-9-12(18(20)25)16-19(23)22-14-6-4-3-5-13(14)21-16/h3-9,24H,1-2H3,(H2,20,25). The van der Waals surface area contributed by atoms with E-state index in [0.717, 1.165) is 16.8 Å². The first-order chi connectivity index (χ1) is 12.0. The van der Waals surface area contributed by atoms with Crippen LogP contribution in [0.4, 0.5) is 0 Å². The Morgan fingerprint density at radius 2 is 1.76 bits per heavy atom. The molecular formula is C19H16N4O2. The number of carbonyl (C=O) groups is 1. The molecule has 3 N–H and O–H groups in total. The summed E-state index contributed by atoms with van der Waals surface area (Å²) >= 11 is 0. The second-order valence-corrected chi connectivity index (χ2v) is 6.04. The maximum absolute atomic E-state index is 11.9. The number of primary amides is 1. The van der Waals surface area contributed by atoms with E-state index >= 15 is 0 Å². The number of benzene rings is 2. The molecule has 4 rings (SSSR count). The lowest BCUT2D eigenvalue weighted by molar-refractivity contribution is 0.100. The molecule has 124 valence electrons. The number of nitrogens with zero attached hydrogens (tertiary/aromatic N) is 3. The van der Waals surface area contributed by atoms with Crippen molar-refractivity contribution in [3.63, 3.8) is 0 Å². The van der Waals surface area contributed by atoms with Gasteiger partial charge in [-0.15, -0.1) is 0 Å². The second kappa shape index (κ2) is 5.31. The Balaban J connectivity index is 2.17. The molecule has 0 radical (unpaired) electrons. The SMILES string of the molecule is Cc1ccc(O)c(C)c1-n1cc(C(N)=O)c2nc3ccccc3nc21. The van der Waals surface area contributed by atoms with Gasteiger partial charge in [-0.2, -0.15) is 0 Å². The van der Waals surface area contributed by atoms with Gasteiger partial charge in [0, 0.05) is 11.8 Å². The van der Waals surface area contributed by atoms with Crippen LogP contribution in [0.1, 0.15) is 21.5 Å². The number of para-hydroxylation sites is 2. The van der Waals surface area contributed by atoms with E-state index in [1.807, 2.05) is 44.2 Å². The summed E-state index contributed by atoms with van der Waals surface area (Å²) in [5.41, 5.74) is 10.7. The van der Waals surface area contributed by atoms with Crippen molar-refractivity contribution in [3.05, 3.63) is 59.3 Å². The highest BCUT2D eigenvalue weighted by Crippen LogP contribution is 2.31. The molecule has 0 aliphatic rings. The van der Waals surface area contributed by atoms with E-state index in [1.165, 1.54) is 0 Å². The summed E-state index contributed by atoms with van der Waals surface area (Å²) in [7, 11) is 0. The Morgan fingerprint density at radius 3 is 2.44 bits per heavy atom. The van der Waals surface area contributed by atoms with Crippen LogP contribution in [-0.2, 0) is 0 Å². The molecule has 0 aliphatic heterocycles. The summed E-state index contributed by atoms with van der Waals surface area (Å²) in [6.45, 7) is 3.76. The van der Waals surface area contributed by atoms with Crippen LogP contribution >= 0.6 is 0 Å². The Hall–Kier alpha value is -3.41. The summed E-state index contributed by atoms with van der Waals surface area (Å²) in [5, 5.41) is 10.1. The van der Waals surface area contributed by atoms with Gasteiger partial charge in [-0.3, -0.25) is 9.36 Å². The first-order valence-electron chi connectivity index (χ1n) is 7.84. The highest BCUT2D eigenvalue weighted by Gasteiger charge is 2.20. The van der Waals surface area contributed by atoms with Crippen LogP contribution < -0.4 is 5.73 Å². The van der Waals surface area contributed by atoms with Crippen LogP contribution in [0.2, 0.25) is 0 Å². The Morgan fingerprint density at radius 1 is 1.08 bits per heavy atom. The zero-order valence-electron chi connectivity index (χ0n) is 13.8. The largest absolute Gasteiger partial charge is 0.508 e. The molecule has 6 heteroatoms. The van der Waals surface area contributed by atoms with E-state index in [0.29, 0.717) is 27.8 Å². The summed E-state index contributed by atoms with van der Waals surface area (Å²) in [5.74, 6) is -0.388. The van der Waals surface area contributed by atoms with Gasteiger partial charge >= 0.3 is 0 Å². The molecule has 4 aromatic rings. The molecule has 0 saturated carbocycles. The van der Waals surface area contributed by atoms with Gasteiger partial charge < -0.3 is 10.8 Å². The van der Waals surface area contributed by atoms with Gasteiger partial charge in [0.25, 0.3) is 5.91 Å². The number of hydrogen-bond acceptors (Lipinski definition) is 4. The van der Waals surface area contributed by atoms with Gasteiger partial charge in [0.15, 0.2) is 5.65 Å². The van der Waals surface area contributed by atoms with E-state index < -0.39 is 5.91 Å². The molecule has 1 amide bonds. The first-order valence-corrected chi connectivity index (χ1v) is 7.84. The molecular weight excluding hydrogens is 316 g/mol. The molecule has 0 aliphatic carbocycles. The van der Waals surface area contributed by atoms with Crippen LogP contribution in [0.15, 0.2) is 42.6 Å². The fraction of sp³-hybridized carbons (Fsp3) is 0.105. The smallest absolute Gasteiger partial charge is 0.252 e. The lowest BCUT2D eigenvalue weighted by atomic mass is 10.1. The fourth-order valence-corrected chi connectivity index (χ4v) is 3.14. The number of fused-ring (bicyclic) bond motifs is 2. The number of aromatic nitrogens is 3. The van der Waals surface area contributed by atoms with E-state index in [-0.39, 0.29) is 5.75 Å². The van der Waals surface area contributed by atoms with Gasteiger partial charge in [0.1, 0.15) is 11.3 Å². The van der Waals surface area contributed by atoms with Gasteiger partial charge in [-0.25, -0.2) is 9.97 Å². The summed E-state index contributed by atoms with van der Waals surface area (Å²) in [4.78, 5) is 21.2. The minimum atomic E-state index is -0.566. The van der Waals surface area contributed by atoms with Crippen molar-refractivity contribution in [1.82, 2.24) is 14.5 Å². The molecule has 0 fully saturated rings. The normalized spacial score (nSPS) is 11.3. The van der Waals surface area contributed by atoms with Crippen LogP contribution in [0.25, 0.3) is 27.9 Å². The topological polar surface area (TPSA) is 94.0 Å². The van der Waals surface area contributed by atoms with E-state index in [2.05, 4.69) is 9.97 Å². The zero-order valence-corrected chi connectivity index (χ0v) is 13.8. The first kappa shape index (κ1) is 15.1. The number of phenolic OH excluding ortho intramolecular Hbond substituents is 1. The quantitative estimate of drug-likeness (QED) is 0.590. The lowest BCUT2D eigenvalue weighted by Crippen LogP contribution is -2.10. The van der Waals surface area contributed by atoms with E-state index in [4.69, 9.17) is 5.73 Å². The molecule has 0 bridgehead atoms. The predicted octanol–water partition coefficient (Wildman–Crippen LogP) is 3.00. The van der Waals surface area contributed by atoms with Crippen molar-refractivity contribution in [3.8, 4) is 11.4 Å². The summed E-state index contributed by atoms with van der Waals surface area (Å²) in [6.07, 6.45) is 1.64. The number of carbonyl (C=O) groups excluding carboxylic acids is 1. The van der Waals surface area contributed by atoms with Crippen molar-refractivity contribution in [2.45, 2.75) is 13.8 Å². The number of rotatable bonds is 2. The molecule has 0 unspecified atom stereocenters. The average Bonchev–Trinajstić information content (AvgIpc) is 2.95. The van der Waals surface area contributed by atoms with Gasteiger partial charge in [0.2, 0.25) is 0 Å². The molecule has 25 heavy (non-hydrogen) atoms. The lowest BCUT2D eigenvalue weighted by Gasteiger charge is -2.13. The minimum Gasteiger partial charge on any atom is -0.508 e. The van der Waals surface area contributed by atoms with E-state index in [1.54, 1.807) is 16.8 Å². The van der Waals surface area contributed by atoms with Crippen molar-refractivity contribution >= 4 is 28.1 Å². The third-order valence-corrected chi connectivity index (χ3v) is 4.40. The van der Waals surface area contributed by atoms with Crippen molar-refractivity contribution in [1.29, 1.82) is 0 Å². The number of phenols is 1. The maximum Gasteiger partial charge on any atom is 0.252 e. The Bertz CT molecular complexity index is 1160. The number of aromatic hydroxyl groups is 1. The fourth-order valence-electron chi connectivity index (χ4n) is 3.14. The third-order valence-electron chi connectivity index (χ3n) is 4.40. The van der Waals surface area contributed by atoms with Crippen molar-refractivity contribution < 1.29 is 9.90 Å². The van der Waals surface area contributed by atoms with E-state index in [9.17, 15) is 9.90 Å². The highest BCUT2D eigenvalue weighted by atomic mass is 16.3. The molecule has 0 saturated heterocycles. The maximum atomic E-state index is 11.9. The Labute approximate surface area is 143 Å². The van der Waals surface area contributed by atoms with Crippen LogP contribution in [0.5, 0.6) is 5.75 Å². The molecule has 2 aromatic heterocycles. The number of amides is 1. The molecule has 6 nitrogen and oxygen atoms in total. The van der Waals surface area contributed by atoms with Gasteiger partial charge in [0.05, 0.1) is 22.3 Å². The van der Waals surface area contributed by atoms with Gasteiger partial charge in [-0.1, -0.05) is 18.2 Å². The average molecular weight is 332 g/mol. The number of nitrogens with two attached hydrogens (primary N) is 1. The van der Waals surface area contributed by atoms with Crippen LogP contribution in [-0.4, -0.2) is 25.5 Å². The van der Waals surface area contributed by atoms with Crippen molar-refractivity contribution in [2.24, 2.45) is 5.73 Å². The summed E-state index contributed by atoms with van der Waals surface area (Å²) < 4.78 is 1.78. The minimum absolute atomic E-state index is 0.178. The molecule has 0 spiro atoms. The molecule has 2 heterocycles. The van der Waals surface area contributed by atoms with Crippen molar-refractivity contribution in [2.75, 3.05) is 0 Å². The number of aryl methyl sites for hydroxylation is 1. The monoisotopic (exact) mass is 332 g/mol. The zero-order chi connectivity index (χ0) is 17.7. The van der Waals surface area contributed by atoms with Crippen LogP contribution in [0.3, 0.4) is 0 Å². The second-order valence-electron chi connectivity index (χ2n) is 6.04. The third kappa shape index (κ3) is 2.22. The predicted molar refractivity (Wildman–Crippen MR) is 96.0 cm³/mol. The highest BCUT2D eigenvalue weighted by molar-refractivity contribution is 6.05. The van der Waals surface area contributed by atoms with Crippen LogP contribution in [0, 0.1) is 13.8 Å².